The Kier molecular flexibility index (Phi) is 3.11. The molecule has 4 rings (SSSR count). The summed E-state index contributed by atoms with van der Waals surface area (Å²) in [4.78, 5) is 29.7. The van der Waals surface area contributed by atoms with Crippen molar-refractivity contribution in [3.8, 4) is 0 Å². The number of H-pyrrole nitrogens is 1. The van der Waals surface area contributed by atoms with Gasteiger partial charge in [-0.1, -0.05) is 6.07 Å². The Balaban J connectivity index is 1.62. The van der Waals surface area contributed by atoms with Crippen LogP contribution in [-0.2, 0) is 9.53 Å². The fraction of sp³-hybridized carbons (Fsp3) is 0.375. The predicted octanol–water partition coefficient (Wildman–Crippen LogP) is 0.755. The zero-order chi connectivity index (χ0) is 15.1. The molecule has 3 heterocycles. The van der Waals surface area contributed by atoms with Gasteiger partial charge in [-0.3, -0.25) is 9.59 Å². The second kappa shape index (κ2) is 5.14. The summed E-state index contributed by atoms with van der Waals surface area (Å²) in [6, 6.07) is 7.48. The molecule has 2 amide bonds. The van der Waals surface area contributed by atoms with Crippen LogP contribution in [0.5, 0.6) is 0 Å². The summed E-state index contributed by atoms with van der Waals surface area (Å²) < 4.78 is 5.49. The van der Waals surface area contributed by atoms with Gasteiger partial charge in [0.05, 0.1) is 25.2 Å². The van der Waals surface area contributed by atoms with Gasteiger partial charge in [-0.05, 0) is 23.6 Å². The van der Waals surface area contributed by atoms with E-state index in [0.717, 1.165) is 10.9 Å². The van der Waals surface area contributed by atoms with E-state index in [1.165, 1.54) is 0 Å². The van der Waals surface area contributed by atoms with Crippen molar-refractivity contribution in [1.29, 1.82) is 0 Å². The molecule has 1 aromatic heterocycles. The molecule has 114 valence electrons. The highest BCUT2D eigenvalue weighted by molar-refractivity contribution is 5.98. The lowest BCUT2D eigenvalue weighted by molar-refractivity contribution is -0.125. The number of ether oxygens (including phenoxy) is 1. The van der Waals surface area contributed by atoms with Crippen LogP contribution < -0.4 is 5.32 Å². The number of aromatic nitrogens is 1. The van der Waals surface area contributed by atoms with Crippen LogP contribution in [0.4, 0.5) is 0 Å². The molecule has 0 spiro atoms. The third-order valence-electron chi connectivity index (χ3n) is 4.33. The molecule has 2 saturated heterocycles. The number of carbonyl (C=O) groups is 2. The van der Waals surface area contributed by atoms with Crippen molar-refractivity contribution < 1.29 is 14.3 Å². The summed E-state index contributed by atoms with van der Waals surface area (Å²) in [5, 5.41) is 4.02. The van der Waals surface area contributed by atoms with Crippen molar-refractivity contribution in [2.24, 2.45) is 5.92 Å². The summed E-state index contributed by atoms with van der Waals surface area (Å²) >= 11 is 0. The van der Waals surface area contributed by atoms with Crippen LogP contribution >= 0.6 is 0 Å². The normalized spacial score (nSPS) is 24.9. The Bertz CT molecular complexity index is 739. The van der Waals surface area contributed by atoms with E-state index < -0.39 is 0 Å². The third kappa shape index (κ3) is 2.25. The molecule has 2 atom stereocenters. The smallest absolute Gasteiger partial charge is 0.254 e. The molecular formula is C16H17N3O3. The van der Waals surface area contributed by atoms with Gasteiger partial charge in [0.25, 0.3) is 5.91 Å². The maximum atomic E-state index is 12.8. The highest BCUT2D eigenvalue weighted by Crippen LogP contribution is 2.19. The maximum Gasteiger partial charge on any atom is 0.254 e. The molecule has 22 heavy (non-hydrogen) atoms. The van der Waals surface area contributed by atoms with E-state index in [9.17, 15) is 9.59 Å². The molecule has 2 aliphatic heterocycles. The van der Waals surface area contributed by atoms with Crippen molar-refractivity contribution >= 4 is 22.7 Å². The van der Waals surface area contributed by atoms with E-state index in [-0.39, 0.29) is 23.8 Å². The first kappa shape index (κ1) is 13.3. The van der Waals surface area contributed by atoms with Gasteiger partial charge in [0.2, 0.25) is 5.91 Å². The quantitative estimate of drug-likeness (QED) is 0.816. The fourth-order valence-electron chi connectivity index (χ4n) is 3.16. The molecule has 2 aliphatic rings. The first-order valence-corrected chi connectivity index (χ1v) is 7.45. The van der Waals surface area contributed by atoms with Crippen molar-refractivity contribution in [2.45, 2.75) is 6.04 Å². The van der Waals surface area contributed by atoms with E-state index in [0.29, 0.717) is 31.9 Å². The van der Waals surface area contributed by atoms with Gasteiger partial charge in [-0.15, -0.1) is 0 Å². The van der Waals surface area contributed by atoms with E-state index in [1.807, 2.05) is 30.5 Å². The van der Waals surface area contributed by atoms with Crippen LogP contribution in [0.15, 0.2) is 30.5 Å². The number of aromatic amines is 1. The highest BCUT2D eigenvalue weighted by atomic mass is 16.5. The second-order valence-electron chi connectivity index (χ2n) is 5.93. The lowest BCUT2D eigenvalue weighted by Crippen LogP contribution is -2.44. The van der Waals surface area contributed by atoms with Gasteiger partial charge >= 0.3 is 0 Å². The highest BCUT2D eigenvalue weighted by Gasteiger charge is 2.35. The van der Waals surface area contributed by atoms with Gasteiger partial charge < -0.3 is 19.9 Å². The number of nitrogens with one attached hydrogen (secondary N) is 2. The average Bonchev–Trinajstić information content (AvgIpc) is 2.82. The molecular weight excluding hydrogens is 282 g/mol. The molecule has 6 nitrogen and oxygen atoms in total. The summed E-state index contributed by atoms with van der Waals surface area (Å²) in [7, 11) is 0. The number of benzene rings is 1. The molecule has 0 radical (unpaired) electrons. The van der Waals surface area contributed by atoms with Crippen molar-refractivity contribution in [3.63, 3.8) is 0 Å². The van der Waals surface area contributed by atoms with Crippen molar-refractivity contribution in [3.05, 3.63) is 36.0 Å². The second-order valence-corrected chi connectivity index (χ2v) is 5.93. The van der Waals surface area contributed by atoms with Crippen molar-refractivity contribution in [2.75, 3.05) is 26.3 Å². The largest absolute Gasteiger partial charge is 0.378 e. The van der Waals surface area contributed by atoms with E-state index in [1.54, 1.807) is 4.90 Å². The Labute approximate surface area is 127 Å². The van der Waals surface area contributed by atoms with Crippen LogP contribution in [0.3, 0.4) is 0 Å². The average molecular weight is 299 g/mol. The van der Waals surface area contributed by atoms with Crippen LogP contribution in [0.1, 0.15) is 10.4 Å². The Morgan fingerprint density at radius 2 is 2.14 bits per heavy atom. The molecule has 0 unspecified atom stereocenters. The minimum absolute atomic E-state index is 0.0161. The molecule has 6 heteroatoms. The van der Waals surface area contributed by atoms with E-state index in [2.05, 4.69) is 10.3 Å². The number of rotatable bonds is 1. The predicted molar refractivity (Wildman–Crippen MR) is 80.4 cm³/mol. The third-order valence-corrected chi connectivity index (χ3v) is 4.33. The molecule has 2 bridgehead atoms. The van der Waals surface area contributed by atoms with Crippen LogP contribution in [-0.4, -0.2) is 54.0 Å². The molecule has 2 fully saturated rings. The molecule has 2 aromatic rings. The summed E-state index contributed by atoms with van der Waals surface area (Å²) in [5.74, 6) is -0.340. The summed E-state index contributed by atoms with van der Waals surface area (Å²) in [5.41, 5.74) is 1.58. The number of hydrogen-bond donors (Lipinski definition) is 2. The fourth-order valence-corrected chi connectivity index (χ4v) is 3.16. The van der Waals surface area contributed by atoms with Crippen LogP contribution in [0.25, 0.3) is 10.9 Å². The SMILES string of the molecule is O=C1N[C@@H]2COC[C@H]1CN(C(=O)c1ccc3cc[nH]c3c1)C2. The molecule has 0 saturated carbocycles. The van der Waals surface area contributed by atoms with Gasteiger partial charge in [-0.25, -0.2) is 0 Å². The number of carbonyl (C=O) groups excluding carboxylic acids is 2. The monoisotopic (exact) mass is 299 g/mol. The molecule has 2 N–H and O–H groups in total. The molecule has 1 aromatic carbocycles. The topological polar surface area (TPSA) is 74.4 Å². The lowest BCUT2D eigenvalue weighted by atomic mass is 10.1. The van der Waals surface area contributed by atoms with Crippen LogP contribution in [0, 0.1) is 5.92 Å². The number of fused-ring (bicyclic) bond motifs is 4. The van der Waals surface area contributed by atoms with E-state index in [4.69, 9.17) is 4.74 Å². The zero-order valence-corrected chi connectivity index (χ0v) is 12.0. The standard InChI is InChI=1S/C16H17N3O3/c20-15-12-6-19(7-13(18-15)9-22-8-12)16(21)11-2-1-10-3-4-17-14(10)5-11/h1-5,12-13,17H,6-9H2,(H,18,20)/t12-,13+/m1/s1. The Morgan fingerprint density at radius 1 is 1.23 bits per heavy atom. The summed E-state index contributed by atoms with van der Waals surface area (Å²) in [6.45, 7) is 1.73. The van der Waals surface area contributed by atoms with Gasteiger partial charge in [-0.2, -0.15) is 0 Å². The van der Waals surface area contributed by atoms with Gasteiger partial charge in [0.15, 0.2) is 0 Å². The van der Waals surface area contributed by atoms with Gasteiger partial charge in [0, 0.05) is 30.4 Å². The minimum atomic E-state index is -0.286. The van der Waals surface area contributed by atoms with Crippen LogP contribution in [0.2, 0.25) is 0 Å². The Hall–Kier alpha value is -2.34. The number of amides is 2. The summed E-state index contributed by atoms with van der Waals surface area (Å²) in [6.07, 6.45) is 1.86. The van der Waals surface area contributed by atoms with E-state index >= 15 is 0 Å². The Morgan fingerprint density at radius 3 is 3.05 bits per heavy atom. The molecule has 0 aliphatic carbocycles. The zero-order valence-electron chi connectivity index (χ0n) is 12.0. The van der Waals surface area contributed by atoms with Gasteiger partial charge in [0.1, 0.15) is 0 Å². The number of nitrogens with zero attached hydrogens (tertiary/aromatic N) is 1. The lowest BCUT2D eigenvalue weighted by Gasteiger charge is -2.27. The number of hydrogen-bond acceptors (Lipinski definition) is 3. The minimum Gasteiger partial charge on any atom is -0.378 e. The maximum absolute atomic E-state index is 12.8. The van der Waals surface area contributed by atoms with Crippen molar-refractivity contribution in [1.82, 2.24) is 15.2 Å². The first-order chi connectivity index (χ1) is 10.7. The first-order valence-electron chi connectivity index (χ1n) is 7.45.